The van der Waals surface area contributed by atoms with Crippen LogP contribution in [0.1, 0.15) is 75.2 Å². The fraction of sp³-hybridized carbons (Fsp3) is 0.550. The summed E-state index contributed by atoms with van der Waals surface area (Å²) in [6, 6.07) is 4.40. The molecule has 1 aromatic carbocycles. The number of benzene rings is 1. The van der Waals surface area contributed by atoms with E-state index in [-0.39, 0.29) is 29.6 Å². The predicted octanol–water partition coefficient (Wildman–Crippen LogP) is 4.86. The van der Waals surface area contributed by atoms with Crippen LogP contribution in [-0.4, -0.2) is 24.8 Å². The van der Waals surface area contributed by atoms with E-state index in [0.717, 1.165) is 25.7 Å². The predicted molar refractivity (Wildman–Crippen MR) is 95.8 cm³/mol. The third kappa shape index (κ3) is 7.96. The van der Waals surface area contributed by atoms with Gasteiger partial charge in [-0.2, -0.15) is 0 Å². The maximum absolute atomic E-state index is 12.2. The molecule has 0 atom stereocenters. The number of Topliss-reactive ketones (excluding diaryl/α,β-unsaturated/α-hetero) is 1. The Morgan fingerprint density at radius 1 is 1.12 bits per heavy atom. The zero-order valence-corrected chi connectivity index (χ0v) is 15.3. The highest BCUT2D eigenvalue weighted by molar-refractivity contribution is 5.98. The molecule has 0 N–H and O–H groups in total. The maximum atomic E-state index is 12.2. The molecule has 0 heterocycles. The number of hydrogen-bond donors (Lipinski definition) is 0. The normalized spacial score (nSPS) is 10.6. The molecule has 1 aromatic rings. The molecule has 0 aliphatic carbocycles. The summed E-state index contributed by atoms with van der Waals surface area (Å²) in [4.78, 5) is 34.9. The summed E-state index contributed by atoms with van der Waals surface area (Å²) >= 11 is 0. The summed E-state index contributed by atoms with van der Waals surface area (Å²) in [6.07, 6.45) is 6.60. The summed E-state index contributed by atoms with van der Waals surface area (Å²) in [5.41, 5.74) is 0.468. The molecular formula is C20H27O5. The van der Waals surface area contributed by atoms with Gasteiger partial charge in [-0.05, 0) is 30.5 Å². The lowest BCUT2D eigenvalue weighted by Crippen LogP contribution is -2.15. The molecule has 137 valence electrons. The van der Waals surface area contributed by atoms with E-state index in [9.17, 15) is 14.4 Å². The van der Waals surface area contributed by atoms with Gasteiger partial charge in [0.1, 0.15) is 5.75 Å². The van der Waals surface area contributed by atoms with Crippen LogP contribution >= 0.6 is 0 Å². The number of hydrogen-bond acceptors (Lipinski definition) is 5. The number of rotatable bonds is 11. The van der Waals surface area contributed by atoms with Crippen molar-refractivity contribution in [1.29, 1.82) is 0 Å². The number of carbonyl (C=O) groups excluding carboxylic acids is 3. The van der Waals surface area contributed by atoms with Gasteiger partial charge in [0, 0.05) is 12.0 Å². The summed E-state index contributed by atoms with van der Waals surface area (Å²) in [5, 5.41) is 0. The van der Waals surface area contributed by atoms with Crippen LogP contribution in [-0.2, 0) is 9.53 Å². The lowest BCUT2D eigenvalue weighted by molar-refractivity contribution is 0.0885. The summed E-state index contributed by atoms with van der Waals surface area (Å²) < 4.78 is 9.92. The average molecular weight is 347 g/mol. The molecule has 0 aromatic heterocycles. The molecular weight excluding hydrogens is 320 g/mol. The average Bonchev–Trinajstić information content (AvgIpc) is 2.59. The molecule has 0 saturated carbocycles. The first-order valence-corrected chi connectivity index (χ1v) is 8.88. The zero-order chi connectivity index (χ0) is 18.7. The highest BCUT2D eigenvalue weighted by atomic mass is 16.7. The monoisotopic (exact) mass is 347 g/mol. The molecule has 0 spiro atoms. The van der Waals surface area contributed by atoms with E-state index in [2.05, 4.69) is 6.92 Å². The summed E-state index contributed by atoms with van der Waals surface area (Å²) in [7, 11) is 0. The van der Waals surface area contributed by atoms with Crippen LogP contribution in [0.3, 0.4) is 0 Å². The molecule has 0 bridgehead atoms. The van der Waals surface area contributed by atoms with Crippen LogP contribution in [0.25, 0.3) is 0 Å². The van der Waals surface area contributed by atoms with Crippen LogP contribution < -0.4 is 4.74 Å². The maximum Gasteiger partial charge on any atom is 0.513 e. The number of carbonyl (C=O) groups is 2. The Morgan fingerprint density at radius 2 is 1.84 bits per heavy atom. The van der Waals surface area contributed by atoms with Crippen molar-refractivity contribution in [1.82, 2.24) is 0 Å². The number of unbranched alkanes of at least 4 members (excludes halogenated alkanes) is 4. The van der Waals surface area contributed by atoms with Gasteiger partial charge in [0.2, 0.25) is 6.29 Å². The quantitative estimate of drug-likeness (QED) is 0.247. The van der Waals surface area contributed by atoms with Crippen molar-refractivity contribution < 1.29 is 23.9 Å². The Kier molecular flexibility index (Phi) is 9.51. The molecule has 0 unspecified atom stereocenters. The molecule has 0 fully saturated rings. The Balaban J connectivity index is 2.63. The van der Waals surface area contributed by atoms with Gasteiger partial charge in [-0.1, -0.05) is 46.5 Å². The van der Waals surface area contributed by atoms with E-state index < -0.39 is 6.16 Å². The lowest BCUT2D eigenvalue weighted by Gasteiger charge is -2.10. The highest BCUT2D eigenvalue weighted by Crippen LogP contribution is 2.21. The van der Waals surface area contributed by atoms with E-state index in [0.29, 0.717) is 12.0 Å². The van der Waals surface area contributed by atoms with Crippen molar-refractivity contribution in [3.63, 3.8) is 0 Å². The van der Waals surface area contributed by atoms with Crippen molar-refractivity contribution in [2.75, 3.05) is 6.61 Å². The number of ether oxygens (including phenoxy) is 2. The minimum Gasteiger partial charge on any atom is -0.434 e. The largest absolute Gasteiger partial charge is 0.513 e. The van der Waals surface area contributed by atoms with Gasteiger partial charge < -0.3 is 9.47 Å². The van der Waals surface area contributed by atoms with Crippen molar-refractivity contribution in [3.8, 4) is 5.75 Å². The van der Waals surface area contributed by atoms with E-state index in [1.807, 2.05) is 13.8 Å². The minimum atomic E-state index is -0.875. The first-order chi connectivity index (χ1) is 12.0. The molecule has 0 aliphatic rings. The van der Waals surface area contributed by atoms with Crippen molar-refractivity contribution in [2.24, 2.45) is 5.92 Å². The Morgan fingerprint density at radius 3 is 2.48 bits per heavy atom. The molecule has 0 aliphatic heterocycles. The van der Waals surface area contributed by atoms with Gasteiger partial charge in [0.25, 0.3) is 0 Å². The molecule has 5 heteroatoms. The smallest absolute Gasteiger partial charge is 0.434 e. The first kappa shape index (κ1) is 20.9. The second-order valence-electron chi connectivity index (χ2n) is 6.46. The van der Waals surface area contributed by atoms with Crippen LogP contribution in [0.4, 0.5) is 4.79 Å². The fourth-order valence-corrected chi connectivity index (χ4v) is 2.26. The summed E-state index contributed by atoms with van der Waals surface area (Å²) in [5.74, 6) is 0.201. The van der Waals surface area contributed by atoms with Crippen molar-refractivity contribution in [2.45, 2.75) is 59.3 Å². The fourth-order valence-electron chi connectivity index (χ4n) is 2.26. The topological polar surface area (TPSA) is 69.7 Å². The SMILES string of the molecule is CCCCCCCC(=O)c1ccc(OC(=O)OCC(C)C)c([C]=O)c1. The minimum absolute atomic E-state index is 0.0260. The van der Waals surface area contributed by atoms with Crippen LogP contribution in [0.15, 0.2) is 18.2 Å². The van der Waals surface area contributed by atoms with E-state index in [4.69, 9.17) is 9.47 Å². The Hall–Kier alpha value is -2.17. The van der Waals surface area contributed by atoms with E-state index in [1.165, 1.54) is 18.6 Å². The Labute approximate surface area is 149 Å². The first-order valence-electron chi connectivity index (χ1n) is 8.88. The molecule has 25 heavy (non-hydrogen) atoms. The van der Waals surface area contributed by atoms with Crippen LogP contribution in [0.5, 0.6) is 5.75 Å². The highest BCUT2D eigenvalue weighted by Gasteiger charge is 2.14. The molecule has 5 nitrogen and oxygen atoms in total. The standard InChI is InChI=1S/C20H27O5/c1-4-5-6-7-8-9-18(22)16-10-11-19(17(12-16)13-21)25-20(23)24-14-15(2)3/h10-12,15H,4-9,14H2,1-3H3. The third-order valence-electron chi connectivity index (χ3n) is 3.65. The van der Waals surface area contributed by atoms with Gasteiger partial charge in [-0.15, -0.1) is 0 Å². The van der Waals surface area contributed by atoms with Crippen LogP contribution in [0.2, 0.25) is 0 Å². The van der Waals surface area contributed by atoms with E-state index in [1.54, 1.807) is 12.4 Å². The Bertz CT molecular complexity index is 577. The van der Waals surface area contributed by atoms with Gasteiger partial charge in [-0.3, -0.25) is 9.59 Å². The molecule has 1 radical (unpaired) electrons. The number of ketones is 1. The van der Waals surface area contributed by atoms with Crippen molar-refractivity contribution in [3.05, 3.63) is 29.3 Å². The zero-order valence-electron chi connectivity index (χ0n) is 15.3. The van der Waals surface area contributed by atoms with Gasteiger partial charge >= 0.3 is 6.16 Å². The second kappa shape index (κ2) is 11.4. The molecule has 0 saturated heterocycles. The molecule has 0 amide bonds. The van der Waals surface area contributed by atoms with Crippen molar-refractivity contribution >= 4 is 18.2 Å². The van der Waals surface area contributed by atoms with Gasteiger partial charge in [0.15, 0.2) is 5.78 Å². The third-order valence-corrected chi connectivity index (χ3v) is 3.65. The summed E-state index contributed by atoms with van der Waals surface area (Å²) in [6.45, 7) is 6.18. The van der Waals surface area contributed by atoms with Gasteiger partial charge in [0.05, 0.1) is 12.2 Å². The van der Waals surface area contributed by atoms with Gasteiger partial charge in [-0.25, -0.2) is 4.79 Å². The molecule has 1 rings (SSSR count). The lowest BCUT2D eigenvalue weighted by atomic mass is 10.0. The second-order valence-corrected chi connectivity index (χ2v) is 6.46. The van der Waals surface area contributed by atoms with E-state index >= 15 is 0 Å². The van der Waals surface area contributed by atoms with Crippen LogP contribution in [0, 0.1) is 5.92 Å².